The highest BCUT2D eigenvalue weighted by Gasteiger charge is 2.38. The van der Waals surface area contributed by atoms with Crippen LogP contribution in [-0.4, -0.2) is 11.7 Å². The van der Waals surface area contributed by atoms with Crippen molar-refractivity contribution in [1.29, 1.82) is 0 Å². The minimum absolute atomic E-state index is 0.0661. The number of hydrogen-bond donors (Lipinski definition) is 0. The zero-order valence-electron chi connectivity index (χ0n) is 8.04. The maximum absolute atomic E-state index is 13.5. The Balaban J connectivity index is 2.46. The lowest BCUT2D eigenvalue weighted by Gasteiger charge is -2.23. The van der Waals surface area contributed by atoms with Gasteiger partial charge in [0.05, 0.1) is 0 Å². The summed E-state index contributed by atoms with van der Waals surface area (Å²) >= 11 is 0. The molecule has 0 aromatic heterocycles. The molecular weight excluding hydrogens is 198 g/mol. The fourth-order valence-electron chi connectivity index (χ4n) is 1.67. The summed E-state index contributed by atoms with van der Waals surface area (Å²) in [6.07, 6.45) is 0.620. The minimum Gasteiger partial charge on any atom is -0.295 e. The van der Waals surface area contributed by atoms with E-state index in [-0.39, 0.29) is 24.2 Å². The number of allylic oxidation sites excluding steroid dienone is 2. The molecular formula is C12H10F2O. The largest absolute Gasteiger partial charge is 0.295 e. The van der Waals surface area contributed by atoms with Crippen molar-refractivity contribution in [3.63, 3.8) is 0 Å². The van der Waals surface area contributed by atoms with Gasteiger partial charge in [0.15, 0.2) is 5.78 Å². The second kappa shape index (κ2) is 3.57. The zero-order valence-corrected chi connectivity index (χ0v) is 8.04. The van der Waals surface area contributed by atoms with E-state index in [2.05, 4.69) is 0 Å². The van der Waals surface area contributed by atoms with E-state index < -0.39 is 5.92 Å². The molecule has 2 rings (SSSR count). The van der Waals surface area contributed by atoms with E-state index in [0.717, 1.165) is 6.08 Å². The molecule has 0 spiro atoms. The van der Waals surface area contributed by atoms with Gasteiger partial charge in [0.1, 0.15) is 0 Å². The smallest absolute Gasteiger partial charge is 0.274 e. The summed E-state index contributed by atoms with van der Waals surface area (Å²) < 4.78 is 27.0. The van der Waals surface area contributed by atoms with Gasteiger partial charge in [-0.3, -0.25) is 4.79 Å². The van der Waals surface area contributed by atoms with Crippen LogP contribution in [0.2, 0.25) is 0 Å². The van der Waals surface area contributed by atoms with Crippen LogP contribution in [0.1, 0.15) is 18.4 Å². The van der Waals surface area contributed by atoms with E-state index >= 15 is 0 Å². The summed E-state index contributed by atoms with van der Waals surface area (Å²) in [6.45, 7) is 0. The Labute approximate surface area is 86.4 Å². The van der Waals surface area contributed by atoms with Crippen molar-refractivity contribution in [3.05, 3.63) is 42.0 Å². The van der Waals surface area contributed by atoms with Gasteiger partial charge in [-0.25, -0.2) is 8.78 Å². The second-order valence-corrected chi connectivity index (χ2v) is 3.59. The lowest BCUT2D eigenvalue weighted by molar-refractivity contribution is -0.116. The lowest BCUT2D eigenvalue weighted by Crippen LogP contribution is -2.24. The van der Waals surface area contributed by atoms with Crippen molar-refractivity contribution in [2.75, 3.05) is 0 Å². The zero-order chi connectivity index (χ0) is 10.9. The molecule has 0 amide bonds. The number of rotatable bonds is 1. The molecule has 15 heavy (non-hydrogen) atoms. The van der Waals surface area contributed by atoms with E-state index in [1.807, 2.05) is 0 Å². The van der Waals surface area contributed by atoms with Crippen molar-refractivity contribution in [2.24, 2.45) is 0 Å². The molecule has 1 aromatic carbocycles. The maximum atomic E-state index is 13.5. The predicted octanol–water partition coefficient (Wildman–Crippen LogP) is 3.07. The molecule has 0 heterocycles. The van der Waals surface area contributed by atoms with Gasteiger partial charge in [-0.15, -0.1) is 0 Å². The van der Waals surface area contributed by atoms with E-state index in [1.165, 1.54) is 0 Å². The van der Waals surface area contributed by atoms with Crippen molar-refractivity contribution < 1.29 is 13.6 Å². The summed E-state index contributed by atoms with van der Waals surface area (Å²) in [6, 6.07) is 8.32. The van der Waals surface area contributed by atoms with Crippen LogP contribution in [0.5, 0.6) is 0 Å². The predicted molar refractivity (Wildman–Crippen MR) is 53.6 cm³/mol. The molecule has 0 atom stereocenters. The van der Waals surface area contributed by atoms with Gasteiger partial charge in [0.2, 0.25) is 0 Å². The van der Waals surface area contributed by atoms with Gasteiger partial charge in [0.25, 0.3) is 5.92 Å². The summed E-state index contributed by atoms with van der Waals surface area (Å²) in [4.78, 5) is 11.1. The first-order valence-corrected chi connectivity index (χ1v) is 4.78. The summed E-state index contributed by atoms with van der Waals surface area (Å²) in [5, 5.41) is 0. The third-order valence-corrected chi connectivity index (χ3v) is 2.47. The van der Waals surface area contributed by atoms with E-state index in [0.29, 0.717) is 5.56 Å². The SMILES string of the molecule is O=C1C=C(c2ccccc2)C(F)(F)CC1. The maximum Gasteiger partial charge on any atom is 0.274 e. The van der Waals surface area contributed by atoms with Gasteiger partial charge in [-0.1, -0.05) is 30.3 Å². The van der Waals surface area contributed by atoms with Crippen LogP contribution in [0.25, 0.3) is 5.57 Å². The number of carbonyl (C=O) groups is 1. The van der Waals surface area contributed by atoms with Crippen LogP contribution in [0, 0.1) is 0 Å². The van der Waals surface area contributed by atoms with Gasteiger partial charge in [-0.2, -0.15) is 0 Å². The summed E-state index contributed by atoms with van der Waals surface area (Å²) in [7, 11) is 0. The molecule has 0 aliphatic heterocycles. The Morgan fingerprint density at radius 1 is 1.13 bits per heavy atom. The molecule has 1 nitrogen and oxygen atoms in total. The molecule has 78 valence electrons. The van der Waals surface area contributed by atoms with Crippen LogP contribution in [-0.2, 0) is 4.79 Å². The Morgan fingerprint density at radius 2 is 1.80 bits per heavy atom. The molecule has 0 fully saturated rings. The molecule has 0 saturated heterocycles. The topological polar surface area (TPSA) is 17.1 Å². The molecule has 0 N–H and O–H groups in total. The molecule has 0 unspecified atom stereocenters. The Hall–Kier alpha value is -1.51. The van der Waals surface area contributed by atoms with Crippen molar-refractivity contribution in [1.82, 2.24) is 0 Å². The first-order valence-electron chi connectivity index (χ1n) is 4.78. The number of alkyl halides is 2. The molecule has 3 heteroatoms. The molecule has 0 saturated carbocycles. The molecule has 1 aliphatic rings. The van der Waals surface area contributed by atoms with E-state index in [9.17, 15) is 13.6 Å². The monoisotopic (exact) mass is 208 g/mol. The van der Waals surface area contributed by atoms with E-state index in [1.54, 1.807) is 30.3 Å². The third kappa shape index (κ3) is 1.96. The third-order valence-electron chi connectivity index (χ3n) is 2.47. The Kier molecular flexibility index (Phi) is 2.39. The van der Waals surface area contributed by atoms with Crippen LogP contribution in [0.15, 0.2) is 36.4 Å². The molecule has 1 aromatic rings. The number of benzene rings is 1. The van der Waals surface area contributed by atoms with Crippen LogP contribution >= 0.6 is 0 Å². The molecule has 1 aliphatic carbocycles. The second-order valence-electron chi connectivity index (χ2n) is 3.59. The first kappa shape index (κ1) is 10.0. The highest BCUT2D eigenvalue weighted by molar-refractivity contribution is 6.00. The highest BCUT2D eigenvalue weighted by Crippen LogP contribution is 2.39. The van der Waals surface area contributed by atoms with Crippen LogP contribution in [0.4, 0.5) is 8.78 Å². The van der Waals surface area contributed by atoms with Gasteiger partial charge in [0, 0.05) is 18.4 Å². The van der Waals surface area contributed by atoms with Gasteiger partial charge in [-0.05, 0) is 11.6 Å². The Bertz CT molecular complexity index is 407. The minimum atomic E-state index is -2.88. The number of carbonyl (C=O) groups excluding carboxylic acids is 1. The quantitative estimate of drug-likeness (QED) is 0.693. The Morgan fingerprint density at radius 3 is 2.47 bits per heavy atom. The van der Waals surface area contributed by atoms with Crippen molar-refractivity contribution in [2.45, 2.75) is 18.8 Å². The number of hydrogen-bond acceptors (Lipinski definition) is 1. The average molecular weight is 208 g/mol. The number of ketones is 1. The average Bonchev–Trinajstić information content (AvgIpc) is 2.23. The highest BCUT2D eigenvalue weighted by atomic mass is 19.3. The fraction of sp³-hybridized carbons (Fsp3) is 0.250. The van der Waals surface area contributed by atoms with Gasteiger partial charge < -0.3 is 0 Å². The van der Waals surface area contributed by atoms with Gasteiger partial charge >= 0.3 is 0 Å². The van der Waals surface area contributed by atoms with Crippen molar-refractivity contribution >= 4 is 11.4 Å². The number of halogens is 2. The standard InChI is InChI=1S/C12H10F2O/c13-12(14)7-6-10(15)8-11(12)9-4-2-1-3-5-9/h1-5,8H,6-7H2. The fourth-order valence-corrected chi connectivity index (χ4v) is 1.67. The summed E-state index contributed by atoms with van der Waals surface area (Å²) in [5.74, 6) is -3.10. The molecule has 0 bridgehead atoms. The van der Waals surface area contributed by atoms with Crippen LogP contribution in [0.3, 0.4) is 0 Å². The lowest BCUT2D eigenvalue weighted by atomic mass is 9.89. The van der Waals surface area contributed by atoms with E-state index in [4.69, 9.17) is 0 Å². The summed E-state index contributed by atoms with van der Waals surface area (Å²) in [5.41, 5.74) is 0.273. The first-order chi connectivity index (χ1) is 7.09. The normalized spacial score (nSPS) is 19.9. The van der Waals surface area contributed by atoms with Crippen molar-refractivity contribution in [3.8, 4) is 0 Å². The van der Waals surface area contributed by atoms with Crippen LogP contribution < -0.4 is 0 Å². The molecule has 0 radical (unpaired) electrons.